The van der Waals surface area contributed by atoms with Gasteiger partial charge in [0.05, 0.1) is 12.7 Å². The van der Waals surface area contributed by atoms with E-state index in [4.69, 9.17) is 10.5 Å². The summed E-state index contributed by atoms with van der Waals surface area (Å²) in [5, 5.41) is 10.2. The molecule has 1 saturated heterocycles. The highest BCUT2D eigenvalue weighted by Gasteiger charge is 2.15. The second-order valence-electron chi connectivity index (χ2n) is 4.45. The van der Waals surface area contributed by atoms with Gasteiger partial charge in [0.15, 0.2) is 0 Å². The molecule has 1 unspecified atom stereocenters. The molecule has 0 bridgehead atoms. The first kappa shape index (κ1) is 12.4. The first-order valence-corrected chi connectivity index (χ1v) is 6.09. The quantitative estimate of drug-likeness (QED) is 0.769. The van der Waals surface area contributed by atoms with Gasteiger partial charge in [0.2, 0.25) is 0 Å². The van der Waals surface area contributed by atoms with Crippen LogP contribution in [0, 0.1) is 0 Å². The third kappa shape index (κ3) is 3.70. The van der Waals surface area contributed by atoms with Crippen molar-refractivity contribution in [2.24, 2.45) is 0 Å². The van der Waals surface area contributed by atoms with Crippen molar-refractivity contribution in [3.63, 3.8) is 0 Å². The van der Waals surface area contributed by atoms with E-state index >= 15 is 0 Å². The molecular formula is C13H20N2O2. The largest absolute Gasteiger partial charge is 0.399 e. The van der Waals surface area contributed by atoms with E-state index in [-0.39, 0.29) is 0 Å². The average molecular weight is 236 g/mol. The maximum absolute atomic E-state index is 10.2. The molecule has 1 aliphatic heterocycles. The number of rotatable bonds is 3. The minimum absolute atomic E-state index is 0.475. The number of nitrogens with zero attached hydrogens (tertiary/aromatic N) is 1. The summed E-state index contributed by atoms with van der Waals surface area (Å²) in [7, 11) is 0. The Labute approximate surface area is 102 Å². The highest BCUT2D eigenvalue weighted by atomic mass is 16.5. The normalized spacial score (nSPS) is 19.8. The lowest BCUT2D eigenvalue weighted by molar-refractivity contribution is 0.103. The summed E-state index contributed by atoms with van der Waals surface area (Å²) in [4.78, 5) is 2.24. The zero-order valence-corrected chi connectivity index (χ0v) is 10.0. The molecule has 0 radical (unpaired) electrons. The fourth-order valence-corrected chi connectivity index (χ4v) is 2.10. The Kier molecular flexibility index (Phi) is 4.36. The first-order chi connectivity index (χ1) is 8.25. The van der Waals surface area contributed by atoms with Crippen molar-refractivity contribution in [2.45, 2.75) is 12.5 Å². The van der Waals surface area contributed by atoms with Gasteiger partial charge in [0.1, 0.15) is 0 Å². The highest BCUT2D eigenvalue weighted by Crippen LogP contribution is 2.17. The molecule has 0 saturated carbocycles. The number of β-amino-alcohol motifs (C(OH)–C–C–N with tert-alkyl or cyclic N) is 1. The van der Waals surface area contributed by atoms with Crippen LogP contribution in [-0.4, -0.2) is 42.9 Å². The van der Waals surface area contributed by atoms with E-state index in [2.05, 4.69) is 4.90 Å². The molecule has 0 aliphatic carbocycles. The van der Waals surface area contributed by atoms with Crippen LogP contribution in [0.4, 0.5) is 5.69 Å². The van der Waals surface area contributed by atoms with Crippen LogP contribution in [0.15, 0.2) is 24.3 Å². The van der Waals surface area contributed by atoms with Crippen LogP contribution in [-0.2, 0) is 4.74 Å². The summed E-state index contributed by atoms with van der Waals surface area (Å²) >= 11 is 0. The predicted molar refractivity (Wildman–Crippen MR) is 67.7 cm³/mol. The number of nitrogens with two attached hydrogens (primary N) is 1. The minimum Gasteiger partial charge on any atom is -0.399 e. The Balaban J connectivity index is 1.93. The molecule has 4 heteroatoms. The van der Waals surface area contributed by atoms with E-state index in [0.717, 1.165) is 38.3 Å². The van der Waals surface area contributed by atoms with E-state index in [1.165, 1.54) is 0 Å². The van der Waals surface area contributed by atoms with Crippen molar-refractivity contribution in [2.75, 3.05) is 38.6 Å². The number of anilines is 1. The number of hydrogen-bond donors (Lipinski definition) is 2. The summed E-state index contributed by atoms with van der Waals surface area (Å²) in [6, 6.07) is 7.45. The minimum atomic E-state index is -0.475. The molecule has 4 nitrogen and oxygen atoms in total. The van der Waals surface area contributed by atoms with Crippen molar-refractivity contribution in [1.29, 1.82) is 0 Å². The number of nitrogen functional groups attached to an aromatic ring is 1. The van der Waals surface area contributed by atoms with Crippen LogP contribution in [0.1, 0.15) is 18.1 Å². The highest BCUT2D eigenvalue weighted by molar-refractivity contribution is 5.41. The Bertz CT molecular complexity index is 349. The molecule has 0 amide bonds. The first-order valence-electron chi connectivity index (χ1n) is 6.09. The summed E-state index contributed by atoms with van der Waals surface area (Å²) in [6.45, 7) is 4.10. The van der Waals surface area contributed by atoms with Crippen molar-refractivity contribution in [3.05, 3.63) is 29.8 Å². The molecule has 3 N–H and O–H groups in total. The summed E-state index contributed by atoms with van der Waals surface area (Å²) in [5.74, 6) is 0. The Morgan fingerprint density at radius 2 is 2.24 bits per heavy atom. The van der Waals surface area contributed by atoms with Crippen molar-refractivity contribution >= 4 is 5.69 Å². The summed E-state index contributed by atoms with van der Waals surface area (Å²) in [5.41, 5.74) is 7.29. The number of aliphatic hydroxyl groups excluding tert-OH is 1. The van der Waals surface area contributed by atoms with Crippen LogP contribution in [0.5, 0.6) is 0 Å². The Hall–Kier alpha value is -1.10. The van der Waals surface area contributed by atoms with Gasteiger partial charge < -0.3 is 15.6 Å². The Morgan fingerprint density at radius 1 is 1.35 bits per heavy atom. The number of hydrogen-bond acceptors (Lipinski definition) is 4. The lowest BCUT2D eigenvalue weighted by Gasteiger charge is -2.22. The van der Waals surface area contributed by atoms with Gasteiger partial charge >= 0.3 is 0 Å². The van der Waals surface area contributed by atoms with Crippen LogP contribution in [0.3, 0.4) is 0 Å². The molecule has 0 aromatic heterocycles. The monoisotopic (exact) mass is 236 g/mol. The molecule has 1 heterocycles. The van der Waals surface area contributed by atoms with Crippen molar-refractivity contribution < 1.29 is 9.84 Å². The second kappa shape index (κ2) is 6.00. The topological polar surface area (TPSA) is 58.7 Å². The standard InChI is InChI=1S/C13H20N2O2/c14-12-4-1-3-11(9-12)13(16)10-15-5-2-7-17-8-6-15/h1,3-4,9,13,16H,2,5-8,10,14H2. The van der Waals surface area contributed by atoms with Crippen LogP contribution < -0.4 is 5.73 Å². The van der Waals surface area contributed by atoms with Gasteiger partial charge in [-0.25, -0.2) is 0 Å². The lowest BCUT2D eigenvalue weighted by atomic mass is 10.1. The fourth-order valence-electron chi connectivity index (χ4n) is 2.10. The van der Waals surface area contributed by atoms with Gasteiger partial charge in [-0.05, 0) is 24.1 Å². The summed E-state index contributed by atoms with van der Waals surface area (Å²) < 4.78 is 5.39. The van der Waals surface area contributed by atoms with E-state index in [1.807, 2.05) is 24.3 Å². The zero-order valence-electron chi connectivity index (χ0n) is 10.0. The van der Waals surface area contributed by atoms with Gasteiger partial charge in [0, 0.05) is 31.9 Å². The fraction of sp³-hybridized carbons (Fsp3) is 0.538. The van der Waals surface area contributed by atoms with E-state index in [1.54, 1.807) is 0 Å². The molecule has 1 atom stereocenters. The smallest absolute Gasteiger partial charge is 0.0917 e. The van der Waals surface area contributed by atoms with Gasteiger partial charge in [-0.3, -0.25) is 4.90 Å². The summed E-state index contributed by atoms with van der Waals surface area (Å²) in [6.07, 6.45) is 0.556. The zero-order chi connectivity index (χ0) is 12.1. The number of aliphatic hydroxyl groups is 1. The molecule has 17 heavy (non-hydrogen) atoms. The van der Waals surface area contributed by atoms with Gasteiger partial charge in [-0.1, -0.05) is 12.1 Å². The number of benzene rings is 1. The molecular weight excluding hydrogens is 216 g/mol. The molecule has 1 aromatic carbocycles. The lowest BCUT2D eigenvalue weighted by Crippen LogP contribution is -2.31. The van der Waals surface area contributed by atoms with Crippen LogP contribution >= 0.6 is 0 Å². The third-order valence-electron chi connectivity index (χ3n) is 3.04. The molecule has 0 spiro atoms. The SMILES string of the molecule is Nc1cccc(C(O)CN2CCCOCC2)c1. The van der Waals surface area contributed by atoms with Crippen LogP contribution in [0.25, 0.3) is 0 Å². The number of ether oxygens (including phenoxy) is 1. The molecule has 1 aliphatic rings. The van der Waals surface area contributed by atoms with Gasteiger partial charge in [-0.2, -0.15) is 0 Å². The second-order valence-corrected chi connectivity index (χ2v) is 4.45. The van der Waals surface area contributed by atoms with Crippen LogP contribution in [0.2, 0.25) is 0 Å². The third-order valence-corrected chi connectivity index (χ3v) is 3.04. The molecule has 2 rings (SSSR count). The van der Waals surface area contributed by atoms with E-state index in [0.29, 0.717) is 12.2 Å². The maximum atomic E-state index is 10.2. The molecule has 1 fully saturated rings. The van der Waals surface area contributed by atoms with Crippen molar-refractivity contribution in [3.8, 4) is 0 Å². The van der Waals surface area contributed by atoms with Gasteiger partial charge in [-0.15, -0.1) is 0 Å². The van der Waals surface area contributed by atoms with E-state index in [9.17, 15) is 5.11 Å². The van der Waals surface area contributed by atoms with Gasteiger partial charge in [0.25, 0.3) is 0 Å². The average Bonchev–Trinajstić information content (AvgIpc) is 2.57. The Morgan fingerprint density at radius 3 is 3.06 bits per heavy atom. The predicted octanol–water partition coefficient (Wildman–Crippen LogP) is 1.02. The maximum Gasteiger partial charge on any atom is 0.0917 e. The molecule has 1 aromatic rings. The van der Waals surface area contributed by atoms with E-state index < -0.39 is 6.10 Å². The molecule has 94 valence electrons. The van der Waals surface area contributed by atoms with Crippen molar-refractivity contribution in [1.82, 2.24) is 4.90 Å².